The summed E-state index contributed by atoms with van der Waals surface area (Å²) in [5.41, 5.74) is -8.36. The number of hydrogen-bond acceptors (Lipinski definition) is 1. The van der Waals surface area contributed by atoms with E-state index in [0.717, 1.165) is 14.0 Å². The first-order chi connectivity index (χ1) is 10.2. The molecule has 0 aliphatic heterocycles. The van der Waals surface area contributed by atoms with Crippen LogP contribution in [0.1, 0.15) is 16.7 Å². The first-order valence-corrected chi connectivity index (χ1v) is 5.91. The number of methoxy groups -OCH3 is 1. The number of aryl methyl sites for hydroxylation is 1. The molecule has 1 aromatic carbocycles. The Bertz CT molecular complexity index is 562. The third-order valence-corrected chi connectivity index (χ3v) is 2.94. The van der Waals surface area contributed by atoms with Crippen LogP contribution in [0.2, 0.25) is 0 Å². The molecule has 0 saturated heterocycles. The molecule has 0 aliphatic rings. The molecular formula is C13H10F9O. The minimum atomic E-state index is -6.74. The van der Waals surface area contributed by atoms with Crippen molar-refractivity contribution in [2.24, 2.45) is 0 Å². The number of ether oxygens (including phenoxy) is 1. The van der Waals surface area contributed by atoms with Gasteiger partial charge in [0.05, 0.1) is 6.61 Å². The Morgan fingerprint density at radius 3 is 1.83 bits per heavy atom. The Labute approximate surface area is 125 Å². The van der Waals surface area contributed by atoms with Gasteiger partial charge in [0.15, 0.2) is 0 Å². The summed E-state index contributed by atoms with van der Waals surface area (Å²) in [7, 11) is 1.10. The zero-order valence-corrected chi connectivity index (χ0v) is 11.7. The fourth-order valence-electron chi connectivity index (χ4n) is 1.94. The molecule has 1 nitrogen and oxygen atoms in total. The number of benzene rings is 1. The van der Waals surface area contributed by atoms with Gasteiger partial charge in [0, 0.05) is 12.7 Å². The van der Waals surface area contributed by atoms with Gasteiger partial charge in [-0.05, 0) is 30.2 Å². The second kappa shape index (κ2) is 5.88. The van der Waals surface area contributed by atoms with Gasteiger partial charge in [0.2, 0.25) is 0 Å². The molecule has 0 saturated carbocycles. The first kappa shape index (κ1) is 19.6. The maximum absolute atomic E-state index is 14.3. The predicted molar refractivity (Wildman–Crippen MR) is 60.6 cm³/mol. The molecule has 1 rings (SSSR count). The molecular weight excluding hydrogens is 343 g/mol. The lowest BCUT2D eigenvalue weighted by Crippen LogP contribution is -2.59. The third-order valence-electron chi connectivity index (χ3n) is 2.94. The van der Waals surface area contributed by atoms with Gasteiger partial charge in [0.1, 0.15) is 0 Å². The molecule has 0 spiro atoms. The van der Waals surface area contributed by atoms with E-state index in [2.05, 4.69) is 10.8 Å². The molecule has 1 atom stereocenters. The smallest absolute Gasteiger partial charge is 0.380 e. The van der Waals surface area contributed by atoms with Crippen LogP contribution in [-0.2, 0) is 17.0 Å². The zero-order chi connectivity index (χ0) is 18.3. The maximum atomic E-state index is 14.3. The quantitative estimate of drug-likeness (QED) is 0.702. The molecule has 0 heterocycles. The molecule has 1 radical (unpaired) electrons. The molecule has 0 fully saturated rings. The average Bonchev–Trinajstić information content (AvgIpc) is 2.34. The van der Waals surface area contributed by atoms with Crippen LogP contribution in [-0.4, -0.2) is 25.4 Å². The number of halogens is 9. The van der Waals surface area contributed by atoms with Crippen LogP contribution >= 0.6 is 0 Å². The molecule has 1 aromatic rings. The Hall–Kier alpha value is -1.45. The summed E-state index contributed by atoms with van der Waals surface area (Å²) in [4.78, 5) is 0. The van der Waals surface area contributed by atoms with Crippen molar-refractivity contribution in [2.75, 3.05) is 7.11 Å². The third kappa shape index (κ3) is 3.26. The van der Waals surface area contributed by atoms with Crippen molar-refractivity contribution in [3.05, 3.63) is 34.9 Å². The Balaban J connectivity index is 3.69. The van der Waals surface area contributed by atoms with Gasteiger partial charge in [-0.1, -0.05) is 6.07 Å². The summed E-state index contributed by atoms with van der Waals surface area (Å²) in [6.45, 7) is 0.630. The van der Waals surface area contributed by atoms with Gasteiger partial charge in [-0.25, -0.2) is 4.39 Å². The van der Waals surface area contributed by atoms with E-state index < -0.39 is 36.1 Å². The van der Waals surface area contributed by atoms with Crippen molar-refractivity contribution in [3.63, 3.8) is 0 Å². The molecule has 0 N–H and O–H groups in total. The monoisotopic (exact) mass is 353 g/mol. The minimum absolute atomic E-state index is 0.226. The highest BCUT2D eigenvalue weighted by molar-refractivity contribution is 5.35. The predicted octanol–water partition coefficient (Wildman–Crippen LogP) is 4.87. The van der Waals surface area contributed by atoms with Crippen molar-refractivity contribution >= 4 is 0 Å². The van der Waals surface area contributed by atoms with Gasteiger partial charge < -0.3 is 4.74 Å². The summed E-state index contributed by atoms with van der Waals surface area (Å²) in [6, 6.07) is 2.85. The molecule has 0 amide bonds. The minimum Gasteiger partial charge on any atom is -0.380 e. The molecule has 23 heavy (non-hydrogen) atoms. The van der Waals surface area contributed by atoms with Crippen LogP contribution < -0.4 is 0 Å². The summed E-state index contributed by atoms with van der Waals surface area (Å²) >= 11 is 0. The second-order valence-corrected chi connectivity index (χ2v) is 4.74. The molecule has 0 bridgehead atoms. The molecule has 0 aromatic heterocycles. The van der Waals surface area contributed by atoms with Crippen LogP contribution in [0.4, 0.5) is 39.5 Å². The molecule has 131 valence electrons. The van der Waals surface area contributed by atoms with Crippen molar-refractivity contribution in [1.29, 1.82) is 0 Å². The maximum Gasteiger partial charge on any atom is 0.457 e. The number of rotatable bonds is 4. The van der Waals surface area contributed by atoms with Crippen LogP contribution in [0, 0.1) is 13.0 Å². The fourth-order valence-corrected chi connectivity index (χ4v) is 1.94. The van der Waals surface area contributed by atoms with Gasteiger partial charge in [-0.2, -0.15) is 35.1 Å². The zero-order valence-electron chi connectivity index (χ0n) is 11.7. The van der Waals surface area contributed by atoms with Crippen LogP contribution in [0.15, 0.2) is 12.1 Å². The van der Waals surface area contributed by atoms with E-state index in [-0.39, 0.29) is 23.3 Å². The van der Waals surface area contributed by atoms with Crippen LogP contribution in [0.5, 0.6) is 0 Å². The van der Waals surface area contributed by atoms with E-state index in [1.54, 1.807) is 0 Å². The summed E-state index contributed by atoms with van der Waals surface area (Å²) in [6.07, 6.45) is -13.3. The Kier molecular flexibility index (Phi) is 5.01. The standard InChI is InChI=1S/C13H10F9O/c1-7-3-8(6-23-2)5-9(4-7)10(14,12(17,18)19)11(15,16)13(20,21)22/h4-5H,6H2,1-2H3. The molecule has 1 unspecified atom stereocenters. The summed E-state index contributed by atoms with van der Waals surface area (Å²) in [5.74, 6) is -6.68. The first-order valence-electron chi connectivity index (χ1n) is 5.91. The van der Waals surface area contributed by atoms with E-state index in [1.807, 2.05) is 0 Å². The SMILES string of the molecule is COCc1[c]c(C)cc(C(F)(C(F)(F)F)C(F)(F)C(F)(F)F)c1. The lowest BCUT2D eigenvalue weighted by molar-refractivity contribution is -0.389. The summed E-state index contributed by atoms with van der Waals surface area (Å²) < 4.78 is 121. The highest BCUT2D eigenvalue weighted by Crippen LogP contribution is 2.58. The van der Waals surface area contributed by atoms with Crippen molar-refractivity contribution in [2.45, 2.75) is 37.5 Å². The topological polar surface area (TPSA) is 9.23 Å². The lowest BCUT2D eigenvalue weighted by Gasteiger charge is -2.36. The van der Waals surface area contributed by atoms with Crippen molar-refractivity contribution in [1.82, 2.24) is 0 Å². The van der Waals surface area contributed by atoms with Crippen molar-refractivity contribution < 1.29 is 44.3 Å². The van der Waals surface area contributed by atoms with E-state index in [9.17, 15) is 39.5 Å². The van der Waals surface area contributed by atoms with Crippen LogP contribution in [0.3, 0.4) is 0 Å². The van der Waals surface area contributed by atoms with Gasteiger partial charge >= 0.3 is 23.9 Å². The highest BCUT2D eigenvalue weighted by Gasteiger charge is 2.81. The number of alkyl halides is 9. The largest absolute Gasteiger partial charge is 0.457 e. The van der Waals surface area contributed by atoms with Crippen LogP contribution in [0.25, 0.3) is 0 Å². The Morgan fingerprint density at radius 1 is 0.913 bits per heavy atom. The highest BCUT2D eigenvalue weighted by atomic mass is 19.4. The molecule has 0 aliphatic carbocycles. The van der Waals surface area contributed by atoms with Gasteiger partial charge in [-0.3, -0.25) is 0 Å². The van der Waals surface area contributed by atoms with E-state index in [0.29, 0.717) is 0 Å². The Morgan fingerprint density at radius 2 is 1.43 bits per heavy atom. The van der Waals surface area contributed by atoms with Crippen molar-refractivity contribution in [3.8, 4) is 0 Å². The average molecular weight is 353 g/mol. The van der Waals surface area contributed by atoms with E-state index >= 15 is 0 Å². The summed E-state index contributed by atoms with van der Waals surface area (Å²) in [5, 5.41) is 0. The van der Waals surface area contributed by atoms with E-state index in [4.69, 9.17) is 0 Å². The van der Waals surface area contributed by atoms with E-state index in [1.165, 1.54) is 0 Å². The number of hydrogen-bond donors (Lipinski definition) is 0. The van der Waals surface area contributed by atoms with Gasteiger partial charge in [0.25, 0.3) is 0 Å². The molecule has 10 heteroatoms. The second-order valence-electron chi connectivity index (χ2n) is 4.74. The normalized spacial score (nSPS) is 16.3. The fraction of sp³-hybridized carbons (Fsp3) is 0.538. The van der Waals surface area contributed by atoms with Gasteiger partial charge in [-0.15, -0.1) is 0 Å². The lowest BCUT2D eigenvalue weighted by atomic mass is 9.86.